The first kappa shape index (κ1) is 14.3. The van der Waals surface area contributed by atoms with E-state index < -0.39 is 0 Å². The van der Waals surface area contributed by atoms with Gasteiger partial charge in [0.15, 0.2) is 0 Å². The molecule has 0 amide bonds. The van der Waals surface area contributed by atoms with Gasteiger partial charge in [-0.25, -0.2) is 4.98 Å². The van der Waals surface area contributed by atoms with E-state index in [1.54, 1.807) is 0 Å². The number of halogens is 1. The second-order valence-electron chi connectivity index (χ2n) is 5.64. The molecule has 4 heteroatoms. The maximum Gasteiger partial charge on any atom is 0.111 e. The van der Waals surface area contributed by atoms with Gasteiger partial charge in [0.25, 0.3) is 0 Å². The second-order valence-corrected chi connectivity index (χ2v) is 7.29. The number of hydrogen-bond donors (Lipinski definition) is 0. The predicted molar refractivity (Wildman–Crippen MR) is 88.9 cm³/mol. The van der Waals surface area contributed by atoms with Crippen molar-refractivity contribution in [2.24, 2.45) is 0 Å². The van der Waals surface area contributed by atoms with E-state index in [2.05, 4.69) is 35.1 Å². The summed E-state index contributed by atoms with van der Waals surface area (Å²) in [5, 5.41) is 0. The average molecular weight is 309 g/mol. The number of aryl methyl sites for hydroxylation is 1. The summed E-state index contributed by atoms with van der Waals surface area (Å²) in [5.41, 5.74) is 2.36. The summed E-state index contributed by atoms with van der Waals surface area (Å²) < 4.78 is 2.81. The highest BCUT2D eigenvalue weighted by atomic mass is 35.5. The molecule has 108 valence electrons. The Kier molecular flexibility index (Phi) is 4.27. The molecule has 0 unspecified atom stereocenters. The van der Waals surface area contributed by atoms with Crippen molar-refractivity contribution >= 4 is 34.4 Å². The molecule has 2 nitrogen and oxygen atoms in total. The number of benzene rings is 1. The standard InChI is InChI=1S/C16H21ClN2S/c1-20-16(9-4-5-10-16)12-19-14-7-3-2-6-13(14)18-15(19)8-11-17/h2-3,6-7H,4-5,8-12H2,1H3. The van der Waals surface area contributed by atoms with E-state index in [1.165, 1.54) is 31.2 Å². The normalized spacial score (nSPS) is 17.9. The van der Waals surface area contributed by atoms with Crippen LogP contribution in [0.15, 0.2) is 24.3 Å². The van der Waals surface area contributed by atoms with Crippen molar-refractivity contribution in [3.05, 3.63) is 30.1 Å². The van der Waals surface area contributed by atoms with Gasteiger partial charge in [-0.15, -0.1) is 11.6 Å². The Morgan fingerprint density at radius 2 is 2.05 bits per heavy atom. The van der Waals surface area contributed by atoms with Gasteiger partial charge in [0.05, 0.1) is 11.0 Å². The van der Waals surface area contributed by atoms with Crippen molar-refractivity contribution in [2.75, 3.05) is 12.1 Å². The molecular formula is C16H21ClN2S. The zero-order valence-corrected chi connectivity index (χ0v) is 13.5. The number of fused-ring (bicyclic) bond motifs is 1. The molecule has 1 saturated carbocycles. The third kappa shape index (κ3) is 2.58. The molecule has 1 aliphatic rings. The van der Waals surface area contributed by atoms with Crippen LogP contribution < -0.4 is 0 Å². The molecule has 0 radical (unpaired) electrons. The molecule has 1 heterocycles. The Hall–Kier alpha value is -0.670. The summed E-state index contributed by atoms with van der Waals surface area (Å²) in [6, 6.07) is 8.45. The van der Waals surface area contributed by atoms with Crippen LogP contribution in [0.1, 0.15) is 31.5 Å². The van der Waals surface area contributed by atoms with E-state index in [-0.39, 0.29) is 0 Å². The molecular weight excluding hydrogens is 288 g/mol. The van der Waals surface area contributed by atoms with Gasteiger partial charge in [0.1, 0.15) is 5.82 Å². The smallest absolute Gasteiger partial charge is 0.111 e. The second kappa shape index (κ2) is 5.98. The zero-order valence-electron chi connectivity index (χ0n) is 11.9. The minimum atomic E-state index is 0.393. The first-order valence-electron chi connectivity index (χ1n) is 7.33. The van der Waals surface area contributed by atoms with Crippen molar-refractivity contribution in [2.45, 2.75) is 43.4 Å². The van der Waals surface area contributed by atoms with Crippen LogP contribution in [0.5, 0.6) is 0 Å². The van der Waals surface area contributed by atoms with E-state index in [4.69, 9.17) is 16.6 Å². The Morgan fingerprint density at radius 1 is 1.30 bits per heavy atom. The molecule has 1 fully saturated rings. The zero-order chi connectivity index (χ0) is 14.0. The van der Waals surface area contributed by atoms with Gasteiger partial charge in [-0.2, -0.15) is 11.8 Å². The minimum Gasteiger partial charge on any atom is -0.327 e. The van der Waals surface area contributed by atoms with E-state index in [0.717, 1.165) is 24.3 Å². The van der Waals surface area contributed by atoms with Gasteiger partial charge < -0.3 is 4.57 Å². The van der Waals surface area contributed by atoms with Gasteiger partial charge in [-0.1, -0.05) is 25.0 Å². The SMILES string of the molecule is CSC1(Cn2c(CCCl)nc3ccccc32)CCCC1. The van der Waals surface area contributed by atoms with E-state index in [1.807, 2.05) is 11.8 Å². The van der Waals surface area contributed by atoms with Crippen LogP contribution in [-0.4, -0.2) is 26.4 Å². The quantitative estimate of drug-likeness (QED) is 0.757. The van der Waals surface area contributed by atoms with Crippen molar-refractivity contribution in [3.8, 4) is 0 Å². The topological polar surface area (TPSA) is 17.8 Å². The molecule has 0 bridgehead atoms. The fourth-order valence-corrected chi connectivity index (χ4v) is 4.44. The number of thioether (sulfide) groups is 1. The number of alkyl halides is 1. The highest BCUT2D eigenvalue weighted by Crippen LogP contribution is 2.42. The molecule has 0 aliphatic heterocycles. The van der Waals surface area contributed by atoms with Crippen LogP contribution >= 0.6 is 23.4 Å². The maximum atomic E-state index is 5.96. The number of rotatable bonds is 5. The average Bonchev–Trinajstić information content (AvgIpc) is 3.07. The molecule has 0 N–H and O–H groups in total. The summed E-state index contributed by atoms with van der Waals surface area (Å²) >= 11 is 7.99. The third-order valence-electron chi connectivity index (χ3n) is 4.45. The van der Waals surface area contributed by atoms with E-state index in [0.29, 0.717) is 10.6 Å². The van der Waals surface area contributed by atoms with Crippen LogP contribution in [0.25, 0.3) is 11.0 Å². The molecule has 0 atom stereocenters. The Bertz CT molecular complexity index is 587. The lowest BCUT2D eigenvalue weighted by Crippen LogP contribution is -2.27. The Morgan fingerprint density at radius 3 is 2.75 bits per heavy atom. The molecule has 0 spiro atoms. The van der Waals surface area contributed by atoms with Gasteiger partial charge in [0.2, 0.25) is 0 Å². The van der Waals surface area contributed by atoms with Gasteiger partial charge in [0, 0.05) is 23.6 Å². The lowest BCUT2D eigenvalue weighted by atomic mass is 10.1. The summed E-state index contributed by atoms with van der Waals surface area (Å²) in [4.78, 5) is 4.78. The molecule has 2 aromatic rings. The first-order valence-corrected chi connectivity index (χ1v) is 9.09. The fraction of sp³-hybridized carbons (Fsp3) is 0.562. The van der Waals surface area contributed by atoms with Gasteiger partial charge in [-0.3, -0.25) is 0 Å². The molecule has 0 saturated heterocycles. The van der Waals surface area contributed by atoms with Crippen molar-refractivity contribution in [1.82, 2.24) is 9.55 Å². The molecule has 20 heavy (non-hydrogen) atoms. The lowest BCUT2D eigenvalue weighted by Gasteiger charge is -2.28. The fourth-order valence-electron chi connectivity index (χ4n) is 3.31. The summed E-state index contributed by atoms with van der Waals surface area (Å²) in [7, 11) is 0. The van der Waals surface area contributed by atoms with Gasteiger partial charge >= 0.3 is 0 Å². The molecule has 1 aromatic carbocycles. The van der Waals surface area contributed by atoms with E-state index in [9.17, 15) is 0 Å². The highest BCUT2D eigenvalue weighted by Gasteiger charge is 2.34. The van der Waals surface area contributed by atoms with Crippen molar-refractivity contribution in [3.63, 3.8) is 0 Å². The number of imidazole rings is 1. The molecule has 1 aliphatic carbocycles. The molecule has 1 aromatic heterocycles. The summed E-state index contributed by atoms with van der Waals surface area (Å²) in [6.07, 6.45) is 8.46. The minimum absolute atomic E-state index is 0.393. The van der Waals surface area contributed by atoms with Crippen LogP contribution in [0.3, 0.4) is 0 Å². The van der Waals surface area contributed by atoms with Crippen molar-refractivity contribution in [1.29, 1.82) is 0 Å². The largest absolute Gasteiger partial charge is 0.327 e. The van der Waals surface area contributed by atoms with Gasteiger partial charge in [-0.05, 0) is 31.2 Å². The number of para-hydroxylation sites is 2. The maximum absolute atomic E-state index is 5.96. The van der Waals surface area contributed by atoms with Crippen LogP contribution in [0.4, 0.5) is 0 Å². The summed E-state index contributed by atoms with van der Waals surface area (Å²) in [6.45, 7) is 1.07. The molecule has 3 rings (SSSR count). The van der Waals surface area contributed by atoms with E-state index >= 15 is 0 Å². The number of aromatic nitrogens is 2. The van der Waals surface area contributed by atoms with Crippen molar-refractivity contribution < 1.29 is 0 Å². The number of nitrogens with zero attached hydrogens (tertiary/aromatic N) is 2. The Labute approximate surface area is 129 Å². The monoisotopic (exact) mass is 308 g/mol. The third-order valence-corrected chi connectivity index (χ3v) is 6.04. The van der Waals surface area contributed by atoms with Crippen LogP contribution in [0, 0.1) is 0 Å². The van der Waals surface area contributed by atoms with Crippen LogP contribution in [-0.2, 0) is 13.0 Å². The highest BCUT2D eigenvalue weighted by molar-refractivity contribution is 8.00. The Balaban J connectivity index is 2.02. The first-order chi connectivity index (χ1) is 9.78. The lowest BCUT2D eigenvalue weighted by molar-refractivity contribution is 0.502. The summed E-state index contributed by atoms with van der Waals surface area (Å²) in [5.74, 6) is 1.77. The predicted octanol–water partition coefficient (Wildman–Crippen LogP) is 4.49. The number of hydrogen-bond acceptors (Lipinski definition) is 2. The van der Waals surface area contributed by atoms with Crippen LogP contribution in [0.2, 0.25) is 0 Å².